The van der Waals surface area contributed by atoms with Crippen molar-refractivity contribution < 1.29 is 28.6 Å². The smallest absolute Gasteiger partial charge is 0.306 e. The van der Waals surface area contributed by atoms with E-state index in [0.29, 0.717) is 19.3 Å². The van der Waals surface area contributed by atoms with Gasteiger partial charge in [0.2, 0.25) is 0 Å². The second kappa shape index (κ2) is 64.9. The van der Waals surface area contributed by atoms with Gasteiger partial charge in [0.25, 0.3) is 0 Å². The van der Waals surface area contributed by atoms with Gasteiger partial charge in [-0.25, -0.2) is 0 Å². The van der Waals surface area contributed by atoms with Gasteiger partial charge >= 0.3 is 17.9 Å². The Hall–Kier alpha value is -3.67. The first-order valence-electron chi connectivity index (χ1n) is 32.7. The zero-order valence-electron chi connectivity index (χ0n) is 50.7. The molecule has 0 saturated heterocycles. The fourth-order valence-electron chi connectivity index (χ4n) is 9.21. The Bertz CT molecular complexity index is 1510. The molecule has 0 amide bonds. The van der Waals surface area contributed by atoms with Crippen LogP contribution < -0.4 is 0 Å². The molecule has 0 saturated carbocycles. The average molecular weight is 1070 g/mol. The lowest BCUT2D eigenvalue weighted by Gasteiger charge is -2.18. The van der Waals surface area contributed by atoms with Crippen LogP contribution in [0.1, 0.15) is 316 Å². The minimum atomic E-state index is -0.815. The largest absolute Gasteiger partial charge is 0.462 e. The molecule has 77 heavy (non-hydrogen) atoms. The first-order chi connectivity index (χ1) is 38.0. The lowest BCUT2D eigenvalue weighted by molar-refractivity contribution is -0.166. The second-order valence-electron chi connectivity index (χ2n) is 21.6. The fraction of sp³-hybridized carbons (Fsp3) is 0.732. The molecule has 6 heteroatoms. The molecular weight excluding hydrogens is 949 g/mol. The normalized spacial score (nSPS) is 12.7. The zero-order chi connectivity index (χ0) is 55.7. The number of hydrogen-bond donors (Lipinski definition) is 0. The summed E-state index contributed by atoms with van der Waals surface area (Å²) >= 11 is 0. The molecule has 6 nitrogen and oxygen atoms in total. The van der Waals surface area contributed by atoms with E-state index in [1.807, 2.05) is 6.08 Å². The third kappa shape index (κ3) is 63.0. The van der Waals surface area contributed by atoms with Crippen molar-refractivity contribution in [2.45, 2.75) is 322 Å². The lowest BCUT2D eigenvalue weighted by Crippen LogP contribution is -2.30. The molecule has 1 atom stereocenters. The standard InChI is InChI=1S/C71H122O6/c1-4-7-10-13-16-19-21-23-25-27-29-30-31-32-33-34-35-36-37-38-39-40-42-43-45-47-49-52-55-58-61-64-70(73)76-67-68(66-75-69(72)63-60-57-54-51-18-15-12-9-6-3)77-71(74)65-62-59-56-53-50-48-46-44-41-28-26-24-22-20-17-14-11-8-5-2/h8,11,17,20-21,23-24,26-27,29,41,44,48,50,56,59,68H,4-7,9-10,12-16,18-19,22,25,28,30-40,42-43,45-47,49,51-55,57-58,60-67H2,1-3H3/b11-8-,20-17-,23-21-,26-24-,29-27-,44-41-,50-48-,59-56-. The Morgan fingerprint density at radius 2 is 0.532 bits per heavy atom. The van der Waals surface area contributed by atoms with E-state index >= 15 is 0 Å². The van der Waals surface area contributed by atoms with E-state index in [-0.39, 0.29) is 37.5 Å². The maximum atomic E-state index is 12.8. The predicted molar refractivity (Wildman–Crippen MR) is 334 cm³/mol. The van der Waals surface area contributed by atoms with Gasteiger partial charge in [-0.15, -0.1) is 0 Å². The van der Waals surface area contributed by atoms with E-state index in [2.05, 4.69) is 112 Å². The molecule has 0 bridgehead atoms. The number of unbranched alkanes of at least 4 members (excludes halogenated alkanes) is 32. The highest BCUT2D eigenvalue weighted by molar-refractivity contribution is 5.71. The quantitative estimate of drug-likeness (QED) is 0.0261. The van der Waals surface area contributed by atoms with E-state index in [0.717, 1.165) is 83.5 Å². The molecule has 0 aromatic carbocycles. The summed E-state index contributed by atoms with van der Waals surface area (Å²) in [7, 11) is 0. The molecule has 0 spiro atoms. The maximum Gasteiger partial charge on any atom is 0.306 e. The van der Waals surface area contributed by atoms with Crippen LogP contribution in [0.2, 0.25) is 0 Å². The van der Waals surface area contributed by atoms with Gasteiger partial charge in [0, 0.05) is 19.3 Å². The van der Waals surface area contributed by atoms with Gasteiger partial charge < -0.3 is 14.2 Å². The van der Waals surface area contributed by atoms with Crippen molar-refractivity contribution in [2.75, 3.05) is 13.2 Å². The second-order valence-corrected chi connectivity index (χ2v) is 21.6. The summed E-state index contributed by atoms with van der Waals surface area (Å²) in [5, 5.41) is 0. The molecule has 0 aliphatic heterocycles. The molecule has 0 aliphatic carbocycles. The Morgan fingerprint density at radius 1 is 0.273 bits per heavy atom. The van der Waals surface area contributed by atoms with Gasteiger partial charge in [-0.05, 0) is 89.9 Å². The first-order valence-corrected chi connectivity index (χ1v) is 32.7. The molecule has 0 aromatic heterocycles. The van der Waals surface area contributed by atoms with Gasteiger partial charge in [0.1, 0.15) is 13.2 Å². The number of allylic oxidation sites excluding steroid dienone is 16. The van der Waals surface area contributed by atoms with Gasteiger partial charge in [-0.2, -0.15) is 0 Å². The maximum absolute atomic E-state index is 12.8. The molecule has 0 fully saturated rings. The van der Waals surface area contributed by atoms with Gasteiger partial charge in [0.15, 0.2) is 6.10 Å². The minimum absolute atomic E-state index is 0.105. The van der Waals surface area contributed by atoms with Crippen LogP contribution in [0.15, 0.2) is 97.2 Å². The molecule has 442 valence electrons. The van der Waals surface area contributed by atoms with Crippen molar-refractivity contribution in [3.63, 3.8) is 0 Å². The van der Waals surface area contributed by atoms with Gasteiger partial charge in [-0.3, -0.25) is 14.4 Å². The van der Waals surface area contributed by atoms with Crippen molar-refractivity contribution in [1.29, 1.82) is 0 Å². The Labute approximate surface area is 477 Å². The van der Waals surface area contributed by atoms with E-state index in [1.54, 1.807) is 0 Å². The number of carbonyl (C=O) groups excluding carboxylic acids is 3. The van der Waals surface area contributed by atoms with E-state index in [1.165, 1.54) is 186 Å². The van der Waals surface area contributed by atoms with Crippen LogP contribution in [0.4, 0.5) is 0 Å². The van der Waals surface area contributed by atoms with Crippen LogP contribution in [-0.2, 0) is 28.6 Å². The van der Waals surface area contributed by atoms with Crippen molar-refractivity contribution in [3.05, 3.63) is 97.2 Å². The van der Waals surface area contributed by atoms with E-state index in [4.69, 9.17) is 14.2 Å². The van der Waals surface area contributed by atoms with Crippen molar-refractivity contribution in [2.24, 2.45) is 0 Å². The molecule has 0 aromatic rings. The molecule has 0 rings (SSSR count). The number of rotatable bonds is 59. The average Bonchev–Trinajstić information content (AvgIpc) is 3.43. The van der Waals surface area contributed by atoms with Crippen LogP contribution in [0.3, 0.4) is 0 Å². The van der Waals surface area contributed by atoms with Crippen LogP contribution in [0.25, 0.3) is 0 Å². The number of ether oxygens (including phenoxy) is 3. The number of carbonyl (C=O) groups is 3. The summed E-state index contributed by atoms with van der Waals surface area (Å²) < 4.78 is 16.8. The van der Waals surface area contributed by atoms with E-state index in [9.17, 15) is 14.4 Å². The molecule has 0 heterocycles. The summed E-state index contributed by atoms with van der Waals surface area (Å²) in [5.74, 6) is -0.983. The summed E-state index contributed by atoms with van der Waals surface area (Å²) in [6.07, 6.45) is 87.4. The molecule has 0 radical (unpaired) electrons. The Kier molecular flexibility index (Phi) is 61.8. The third-order valence-corrected chi connectivity index (χ3v) is 14.1. The number of hydrogen-bond acceptors (Lipinski definition) is 6. The highest BCUT2D eigenvalue weighted by Gasteiger charge is 2.19. The lowest BCUT2D eigenvalue weighted by atomic mass is 10.0. The zero-order valence-corrected chi connectivity index (χ0v) is 50.7. The Balaban J connectivity index is 4.18. The minimum Gasteiger partial charge on any atom is -0.462 e. The van der Waals surface area contributed by atoms with Crippen LogP contribution >= 0.6 is 0 Å². The summed E-state index contributed by atoms with van der Waals surface area (Å²) in [6, 6.07) is 0. The third-order valence-electron chi connectivity index (χ3n) is 14.1. The summed E-state index contributed by atoms with van der Waals surface area (Å²) in [4.78, 5) is 38.1. The first kappa shape index (κ1) is 73.3. The monoisotopic (exact) mass is 1070 g/mol. The predicted octanol–water partition coefficient (Wildman–Crippen LogP) is 22.4. The highest BCUT2D eigenvalue weighted by Crippen LogP contribution is 2.17. The van der Waals surface area contributed by atoms with Crippen molar-refractivity contribution >= 4 is 17.9 Å². The van der Waals surface area contributed by atoms with Gasteiger partial charge in [0.05, 0.1) is 0 Å². The van der Waals surface area contributed by atoms with Crippen LogP contribution in [0, 0.1) is 0 Å². The van der Waals surface area contributed by atoms with Crippen LogP contribution in [-0.4, -0.2) is 37.2 Å². The van der Waals surface area contributed by atoms with Crippen LogP contribution in [0.5, 0.6) is 0 Å². The van der Waals surface area contributed by atoms with Crippen molar-refractivity contribution in [1.82, 2.24) is 0 Å². The molecule has 1 unspecified atom stereocenters. The van der Waals surface area contributed by atoms with Gasteiger partial charge in [-0.1, -0.05) is 304 Å². The summed E-state index contributed by atoms with van der Waals surface area (Å²) in [5.41, 5.74) is 0. The molecule has 0 aliphatic rings. The molecular formula is C71H122O6. The highest BCUT2D eigenvalue weighted by atomic mass is 16.6. The fourth-order valence-corrected chi connectivity index (χ4v) is 9.21. The molecule has 0 N–H and O–H groups in total. The van der Waals surface area contributed by atoms with E-state index < -0.39 is 6.10 Å². The Morgan fingerprint density at radius 3 is 0.844 bits per heavy atom. The summed E-state index contributed by atoms with van der Waals surface area (Å²) in [6.45, 7) is 6.46. The van der Waals surface area contributed by atoms with Crippen molar-refractivity contribution in [3.8, 4) is 0 Å². The number of esters is 3. The SMILES string of the molecule is CC/C=C\C/C=C\C/C=C\C/C=C\C/C=C\C/C=C\CCC(=O)OC(COC(=O)CCCCCCCCCCC)COC(=O)CCCCCCCCCCCCCCCCCCCCC/C=C\C/C=C\CCCCCCC. The topological polar surface area (TPSA) is 78.9 Å².